The van der Waals surface area contributed by atoms with Crippen LogP contribution in [0.2, 0.25) is 5.02 Å². The SMILES string of the molecule is CCOC(=O)C1=C(C)N=c2s/c(=C\c3cc(Cl)cc(Br)c3OCC#N)c(=O)n2[C@@H]1c1ccccc1OC(C)C. The highest BCUT2D eigenvalue weighted by molar-refractivity contribution is 9.10. The Morgan fingerprint density at radius 1 is 1.33 bits per heavy atom. The van der Waals surface area contributed by atoms with E-state index in [2.05, 4.69) is 20.9 Å². The Morgan fingerprint density at radius 3 is 2.77 bits per heavy atom. The predicted octanol–water partition coefficient (Wildman–Crippen LogP) is 4.90. The summed E-state index contributed by atoms with van der Waals surface area (Å²) in [6.45, 7) is 7.26. The van der Waals surface area contributed by atoms with Crippen LogP contribution in [0.15, 0.2) is 61.9 Å². The Balaban J connectivity index is 2.00. The normalized spacial score (nSPS) is 15.0. The van der Waals surface area contributed by atoms with Gasteiger partial charge in [0.2, 0.25) is 0 Å². The van der Waals surface area contributed by atoms with E-state index in [0.29, 0.717) is 47.2 Å². The third-order valence-corrected chi connectivity index (χ3v) is 7.49. The maximum Gasteiger partial charge on any atom is 0.338 e. The van der Waals surface area contributed by atoms with E-state index in [0.717, 1.165) is 0 Å². The zero-order chi connectivity index (χ0) is 28.3. The molecule has 39 heavy (non-hydrogen) atoms. The van der Waals surface area contributed by atoms with Crippen LogP contribution in [0, 0.1) is 11.3 Å². The molecule has 0 radical (unpaired) electrons. The van der Waals surface area contributed by atoms with Crippen LogP contribution >= 0.6 is 38.9 Å². The van der Waals surface area contributed by atoms with Crippen molar-refractivity contribution in [1.29, 1.82) is 5.26 Å². The molecule has 0 saturated heterocycles. The van der Waals surface area contributed by atoms with E-state index in [-0.39, 0.29) is 30.5 Å². The fourth-order valence-electron chi connectivity index (χ4n) is 4.24. The van der Waals surface area contributed by atoms with Crippen molar-refractivity contribution in [3.8, 4) is 17.6 Å². The Hall–Kier alpha value is -3.39. The van der Waals surface area contributed by atoms with Crippen LogP contribution in [-0.2, 0) is 9.53 Å². The van der Waals surface area contributed by atoms with Crippen LogP contribution in [0.5, 0.6) is 11.5 Å². The third kappa shape index (κ3) is 5.96. The molecule has 0 unspecified atom stereocenters. The summed E-state index contributed by atoms with van der Waals surface area (Å²) in [7, 11) is 0. The van der Waals surface area contributed by atoms with Crippen LogP contribution < -0.4 is 24.4 Å². The van der Waals surface area contributed by atoms with Gasteiger partial charge in [-0.2, -0.15) is 5.26 Å². The Kier molecular flexibility index (Phi) is 8.95. The minimum atomic E-state index is -0.821. The average molecular weight is 631 g/mol. The monoisotopic (exact) mass is 629 g/mol. The number of nitriles is 1. The van der Waals surface area contributed by atoms with E-state index in [1.165, 1.54) is 15.9 Å². The van der Waals surface area contributed by atoms with E-state index in [1.807, 2.05) is 44.2 Å². The van der Waals surface area contributed by atoms with Gasteiger partial charge in [-0.15, -0.1) is 0 Å². The fourth-order valence-corrected chi connectivity index (χ4v) is 6.22. The molecular formula is C28H25BrClN3O5S. The number of hydrogen-bond donors (Lipinski definition) is 0. The first-order chi connectivity index (χ1) is 18.7. The molecule has 0 bridgehead atoms. The standard InChI is InChI=1S/C28H25BrClN3O5S/c1-5-36-27(35)23-16(4)32-28-33(24(23)19-8-6-7-9-21(19)38-15(2)3)26(34)22(39-28)13-17-12-18(30)14-20(29)25(17)37-11-10-31/h6-9,12-15,24H,5,11H2,1-4H3/b22-13-/t24-/m1/s1. The van der Waals surface area contributed by atoms with Crippen molar-refractivity contribution in [3.05, 3.63) is 88.0 Å². The number of para-hydroxylation sites is 1. The summed E-state index contributed by atoms with van der Waals surface area (Å²) in [4.78, 5) is 32.2. The molecule has 0 N–H and O–H groups in total. The highest BCUT2D eigenvalue weighted by atomic mass is 79.9. The maximum absolute atomic E-state index is 14.0. The average Bonchev–Trinajstić information content (AvgIpc) is 3.17. The lowest BCUT2D eigenvalue weighted by molar-refractivity contribution is -0.139. The number of carbonyl (C=O) groups is 1. The van der Waals surface area contributed by atoms with Gasteiger partial charge < -0.3 is 14.2 Å². The van der Waals surface area contributed by atoms with E-state index in [4.69, 9.17) is 31.1 Å². The van der Waals surface area contributed by atoms with Crippen molar-refractivity contribution in [3.63, 3.8) is 0 Å². The highest BCUT2D eigenvalue weighted by Crippen LogP contribution is 2.36. The Morgan fingerprint density at radius 2 is 2.08 bits per heavy atom. The van der Waals surface area contributed by atoms with Gasteiger partial charge in [-0.1, -0.05) is 41.1 Å². The molecule has 202 valence electrons. The number of fused-ring (bicyclic) bond motifs is 1. The molecule has 0 amide bonds. The van der Waals surface area contributed by atoms with Gasteiger partial charge in [-0.3, -0.25) is 9.36 Å². The number of thiazole rings is 1. The number of allylic oxidation sites excluding steroid dienone is 1. The van der Waals surface area contributed by atoms with E-state index in [9.17, 15) is 9.59 Å². The fraction of sp³-hybridized carbons (Fsp3) is 0.286. The van der Waals surface area contributed by atoms with Crippen LogP contribution in [0.4, 0.5) is 0 Å². The van der Waals surface area contributed by atoms with Crippen LogP contribution in [0.3, 0.4) is 0 Å². The number of hydrogen-bond acceptors (Lipinski definition) is 8. The molecule has 0 fully saturated rings. The van der Waals surface area contributed by atoms with Crippen LogP contribution in [-0.4, -0.2) is 29.9 Å². The van der Waals surface area contributed by atoms with Crippen LogP contribution in [0.1, 0.15) is 44.9 Å². The second-order valence-electron chi connectivity index (χ2n) is 8.76. The van der Waals surface area contributed by atoms with Crippen LogP contribution in [0.25, 0.3) is 6.08 Å². The van der Waals surface area contributed by atoms with Crippen molar-refractivity contribution >= 4 is 50.9 Å². The van der Waals surface area contributed by atoms with Gasteiger partial charge in [0.1, 0.15) is 23.6 Å². The zero-order valence-corrected chi connectivity index (χ0v) is 24.8. The number of benzene rings is 2. The van der Waals surface area contributed by atoms with Gasteiger partial charge in [0, 0.05) is 16.1 Å². The highest BCUT2D eigenvalue weighted by Gasteiger charge is 2.35. The third-order valence-electron chi connectivity index (χ3n) is 5.70. The largest absolute Gasteiger partial charge is 0.491 e. The number of carbonyl (C=O) groups excluding carboxylic acids is 1. The number of nitrogens with zero attached hydrogens (tertiary/aromatic N) is 3. The molecule has 8 nitrogen and oxygen atoms in total. The summed E-state index contributed by atoms with van der Waals surface area (Å²) in [5.74, 6) is 0.375. The first-order valence-electron chi connectivity index (χ1n) is 12.1. The summed E-state index contributed by atoms with van der Waals surface area (Å²) in [5.41, 5.74) is 1.50. The first-order valence-corrected chi connectivity index (χ1v) is 14.1. The van der Waals surface area contributed by atoms with E-state index < -0.39 is 12.0 Å². The first kappa shape index (κ1) is 28.6. The molecule has 11 heteroatoms. The lowest BCUT2D eigenvalue weighted by Crippen LogP contribution is -2.40. The molecule has 1 atom stereocenters. The number of halogens is 2. The summed E-state index contributed by atoms with van der Waals surface area (Å²) >= 11 is 10.9. The minimum absolute atomic E-state index is 0.133. The van der Waals surface area contributed by atoms with Crippen molar-refractivity contribution < 1.29 is 19.0 Å². The molecule has 4 rings (SSSR count). The number of ether oxygens (including phenoxy) is 3. The molecule has 2 aromatic carbocycles. The quantitative estimate of drug-likeness (QED) is 0.328. The van der Waals surface area contributed by atoms with Crippen molar-refractivity contribution in [2.24, 2.45) is 4.99 Å². The van der Waals surface area contributed by atoms with Crippen molar-refractivity contribution in [2.75, 3.05) is 13.2 Å². The van der Waals surface area contributed by atoms with Gasteiger partial charge in [-0.25, -0.2) is 9.79 Å². The molecule has 0 aliphatic carbocycles. The number of aromatic nitrogens is 1. The second kappa shape index (κ2) is 12.2. The van der Waals surface area contributed by atoms with Gasteiger partial charge in [0.15, 0.2) is 11.4 Å². The Labute approximate surface area is 242 Å². The Bertz CT molecular complexity index is 1690. The van der Waals surface area contributed by atoms with Crippen molar-refractivity contribution in [2.45, 2.75) is 39.8 Å². The zero-order valence-electron chi connectivity index (χ0n) is 21.7. The topological polar surface area (TPSA) is 103 Å². The maximum atomic E-state index is 14.0. The molecular weight excluding hydrogens is 606 g/mol. The molecule has 1 aromatic heterocycles. The lowest BCUT2D eigenvalue weighted by atomic mass is 9.95. The summed E-state index contributed by atoms with van der Waals surface area (Å²) in [6.07, 6.45) is 1.51. The number of rotatable bonds is 8. The molecule has 0 spiro atoms. The van der Waals surface area contributed by atoms with Gasteiger partial charge in [0.05, 0.1) is 33.0 Å². The minimum Gasteiger partial charge on any atom is -0.491 e. The lowest BCUT2D eigenvalue weighted by Gasteiger charge is -2.26. The number of esters is 1. The predicted molar refractivity (Wildman–Crippen MR) is 153 cm³/mol. The summed E-state index contributed by atoms with van der Waals surface area (Å²) < 4.78 is 19.4. The van der Waals surface area contributed by atoms with Crippen molar-refractivity contribution in [1.82, 2.24) is 4.57 Å². The summed E-state index contributed by atoms with van der Waals surface area (Å²) in [5, 5.41) is 9.43. The molecule has 1 aliphatic rings. The smallest absolute Gasteiger partial charge is 0.338 e. The molecule has 3 aromatic rings. The molecule has 1 aliphatic heterocycles. The molecule has 0 saturated carbocycles. The van der Waals surface area contributed by atoms with Gasteiger partial charge in [-0.05, 0) is 67.9 Å². The second-order valence-corrected chi connectivity index (χ2v) is 11.1. The van der Waals surface area contributed by atoms with E-state index in [1.54, 1.807) is 32.1 Å². The summed E-state index contributed by atoms with van der Waals surface area (Å²) in [6, 6.07) is 11.7. The molecule has 2 heterocycles. The van der Waals surface area contributed by atoms with Gasteiger partial charge >= 0.3 is 5.97 Å². The van der Waals surface area contributed by atoms with Gasteiger partial charge in [0.25, 0.3) is 5.56 Å². The van der Waals surface area contributed by atoms with E-state index >= 15 is 0 Å².